The highest BCUT2D eigenvalue weighted by Gasteiger charge is 2.03. The lowest BCUT2D eigenvalue weighted by molar-refractivity contribution is -0.137. The second-order valence-electron chi connectivity index (χ2n) is 4.10. The molecule has 5 heteroatoms. The Bertz CT molecular complexity index is 341. The van der Waals surface area contributed by atoms with Crippen LogP contribution in [0.3, 0.4) is 0 Å². The van der Waals surface area contributed by atoms with Gasteiger partial charge in [0.15, 0.2) is 0 Å². The van der Waals surface area contributed by atoms with Gasteiger partial charge in [-0.15, -0.1) is 23.7 Å². The third-order valence-electron chi connectivity index (χ3n) is 2.40. The van der Waals surface area contributed by atoms with Gasteiger partial charge in [-0.2, -0.15) is 0 Å². The first kappa shape index (κ1) is 16.4. The second-order valence-corrected chi connectivity index (χ2v) is 5.47. The Labute approximate surface area is 113 Å². The monoisotopic (exact) mass is 277 g/mol. The standard InChI is InChI=1S/C12H19NO2S.ClH/c1-10-6-7-11(16-10)9-13(2)8-4-3-5-12(14)15;/h6-7H,3-5,8-9H2,1-2H3,(H,14,15);1H. The van der Waals surface area contributed by atoms with Crippen LogP contribution in [-0.4, -0.2) is 29.6 Å². The predicted molar refractivity (Wildman–Crippen MR) is 74.1 cm³/mol. The van der Waals surface area contributed by atoms with E-state index in [0.717, 1.165) is 25.9 Å². The smallest absolute Gasteiger partial charge is 0.303 e. The predicted octanol–water partition coefficient (Wildman–Crippen LogP) is 3.17. The van der Waals surface area contributed by atoms with Crippen molar-refractivity contribution in [1.29, 1.82) is 0 Å². The molecule has 1 N–H and O–H groups in total. The topological polar surface area (TPSA) is 40.5 Å². The number of hydrogen-bond donors (Lipinski definition) is 1. The Balaban J connectivity index is 0.00000256. The van der Waals surface area contributed by atoms with Crippen LogP contribution < -0.4 is 0 Å². The quantitative estimate of drug-likeness (QED) is 0.779. The summed E-state index contributed by atoms with van der Waals surface area (Å²) in [6, 6.07) is 4.30. The van der Waals surface area contributed by atoms with Gasteiger partial charge in [0.1, 0.15) is 0 Å². The van der Waals surface area contributed by atoms with Crippen molar-refractivity contribution in [3.05, 3.63) is 21.9 Å². The van der Waals surface area contributed by atoms with Crippen molar-refractivity contribution in [2.75, 3.05) is 13.6 Å². The maximum Gasteiger partial charge on any atom is 0.303 e. The fraction of sp³-hybridized carbons (Fsp3) is 0.583. The summed E-state index contributed by atoms with van der Waals surface area (Å²) in [7, 11) is 2.08. The molecule has 0 amide bonds. The van der Waals surface area contributed by atoms with E-state index >= 15 is 0 Å². The number of carboxylic acids is 1. The summed E-state index contributed by atoms with van der Waals surface area (Å²) in [5, 5.41) is 8.50. The SMILES string of the molecule is Cc1ccc(CN(C)CCCCC(=O)O)s1.Cl. The number of carboxylic acid groups (broad SMARTS) is 1. The Hall–Kier alpha value is -0.580. The molecular weight excluding hydrogens is 258 g/mol. The van der Waals surface area contributed by atoms with Crippen LogP contribution in [0, 0.1) is 6.92 Å². The van der Waals surface area contributed by atoms with E-state index in [1.54, 1.807) is 0 Å². The van der Waals surface area contributed by atoms with E-state index in [4.69, 9.17) is 5.11 Å². The van der Waals surface area contributed by atoms with E-state index in [1.165, 1.54) is 9.75 Å². The highest BCUT2D eigenvalue weighted by atomic mass is 35.5. The Morgan fingerprint density at radius 1 is 1.41 bits per heavy atom. The lowest BCUT2D eigenvalue weighted by Crippen LogP contribution is -2.18. The molecule has 0 saturated heterocycles. The maximum absolute atomic E-state index is 10.3. The molecule has 0 fully saturated rings. The average molecular weight is 278 g/mol. The first-order valence-corrected chi connectivity index (χ1v) is 6.35. The van der Waals surface area contributed by atoms with Gasteiger partial charge in [0.2, 0.25) is 0 Å². The molecule has 98 valence electrons. The molecular formula is C12H20ClNO2S. The molecule has 1 aromatic heterocycles. The van der Waals surface area contributed by atoms with Crippen LogP contribution in [0.4, 0.5) is 0 Å². The summed E-state index contributed by atoms with van der Waals surface area (Å²) in [6.07, 6.45) is 2.00. The summed E-state index contributed by atoms with van der Waals surface area (Å²) in [5.74, 6) is -0.698. The van der Waals surface area contributed by atoms with Crippen molar-refractivity contribution in [2.24, 2.45) is 0 Å². The average Bonchev–Trinajstić information content (AvgIpc) is 2.58. The minimum Gasteiger partial charge on any atom is -0.481 e. The summed E-state index contributed by atoms with van der Waals surface area (Å²) >= 11 is 1.82. The van der Waals surface area contributed by atoms with Crippen molar-refractivity contribution < 1.29 is 9.90 Å². The van der Waals surface area contributed by atoms with Crippen LogP contribution in [0.1, 0.15) is 29.0 Å². The van der Waals surface area contributed by atoms with E-state index in [2.05, 4.69) is 31.0 Å². The number of halogens is 1. The molecule has 17 heavy (non-hydrogen) atoms. The largest absolute Gasteiger partial charge is 0.481 e. The van der Waals surface area contributed by atoms with E-state index in [0.29, 0.717) is 0 Å². The van der Waals surface area contributed by atoms with Crippen LogP contribution in [0.2, 0.25) is 0 Å². The van der Waals surface area contributed by atoms with Gasteiger partial charge >= 0.3 is 5.97 Å². The van der Waals surface area contributed by atoms with Crippen LogP contribution in [0.15, 0.2) is 12.1 Å². The fourth-order valence-electron chi connectivity index (χ4n) is 1.57. The summed E-state index contributed by atoms with van der Waals surface area (Å²) < 4.78 is 0. The number of hydrogen-bond acceptors (Lipinski definition) is 3. The van der Waals surface area contributed by atoms with Crippen LogP contribution in [0.25, 0.3) is 0 Å². The molecule has 1 aromatic rings. The molecule has 0 spiro atoms. The molecule has 0 atom stereocenters. The number of thiophene rings is 1. The van der Waals surface area contributed by atoms with E-state index in [-0.39, 0.29) is 18.8 Å². The highest BCUT2D eigenvalue weighted by Crippen LogP contribution is 2.16. The van der Waals surface area contributed by atoms with Gasteiger partial charge in [0, 0.05) is 22.7 Å². The molecule has 1 heterocycles. The van der Waals surface area contributed by atoms with Crippen LogP contribution in [0.5, 0.6) is 0 Å². The molecule has 0 unspecified atom stereocenters. The van der Waals surface area contributed by atoms with Crippen LogP contribution >= 0.6 is 23.7 Å². The molecule has 0 saturated carbocycles. The Kier molecular flexibility index (Phi) is 8.21. The number of aryl methyl sites for hydroxylation is 1. The van der Waals surface area contributed by atoms with E-state index < -0.39 is 5.97 Å². The second kappa shape index (κ2) is 8.50. The lowest BCUT2D eigenvalue weighted by Gasteiger charge is -2.14. The van der Waals surface area contributed by atoms with Crippen molar-refractivity contribution in [3.63, 3.8) is 0 Å². The zero-order valence-electron chi connectivity index (χ0n) is 10.3. The Morgan fingerprint density at radius 3 is 2.65 bits per heavy atom. The molecule has 0 aliphatic heterocycles. The highest BCUT2D eigenvalue weighted by molar-refractivity contribution is 7.11. The first-order chi connectivity index (χ1) is 7.58. The van der Waals surface area contributed by atoms with Gasteiger partial charge in [-0.1, -0.05) is 0 Å². The zero-order valence-corrected chi connectivity index (χ0v) is 11.9. The van der Waals surface area contributed by atoms with Gasteiger partial charge in [-0.05, 0) is 45.5 Å². The van der Waals surface area contributed by atoms with Gasteiger partial charge in [0.05, 0.1) is 0 Å². The molecule has 3 nitrogen and oxygen atoms in total. The third-order valence-corrected chi connectivity index (χ3v) is 3.39. The van der Waals surface area contributed by atoms with Gasteiger partial charge in [-0.25, -0.2) is 0 Å². The van der Waals surface area contributed by atoms with Gasteiger partial charge < -0.3 is 10.0 Å². The molecule has 0 radical (unpaired) electrons. The van der Waals surface area contributed by atoms with Crippen molar-refractivity contribution in [3.8, 4) is 0 Å². The number of aliphatic carboxylic acids is 1. The van der Waals surface area contributed by atoms with Crippen molar-refractivity contribution in [2.45, 2.75) is 32.7 Å². The normalized spacial score (nSPS) is 10.3. The molecule has 0 bridgehead atoms. The zero-order chi connectivity index (χ0) is 12.0. The maximum atomic E-state index is 10.3. The summed E-state index contributed by atoms with van der Waals surface area (Å²) in [4.78, 5) is 15.3. The fourth-order valence-corrected chi connectivity index (χ4v) is 2.54. The van der Waals surface area contributed by atoms with Gasteiger partial charge in [0.25, 0.3) is 0 Å². The van der Waals surface area contributed by atoms with E-state index in [9.17, 15) is 4.79 Å². The molecule has 1 rings (SSSR count). The van der Waals surface area contributed by atoms with Gasteiger partial charge in [-0.3, -0.25) is 4.79 Å². The number of unbranched alkanes of at least 4 members (excludes halogenated alkanes) is 1. The first-order valence-electron chi connectivity index (χ1n) is 5.53. The number of nitrogens with zero attached hydrogens (tertiary/aromatic N) is 1. The number of carbonyl (C=O) groups is 1. The summed E-state index contributed by atoms with van der Waals surface area (Å²) in [6.45, 7) is 4.04. The summed E-state index contributed by atoms with van der Waals surface area (Å²) in [5.41, 5.74) is 0. The number of rotatable bonds is 7. The Morgan fingerprint density at radius 2 is 2.12 bits per heavy atom. The molecule has 0 aromatic carbocycles. The van der Waals surface area contributed by atoms with E-state index in [1.807, 2.05) is 11.3 Å². The minimum absolute atomic E-state index is 0. The minimum atomic E-state index is -0.698. The molecule has 0 aliphatic rings. The third kappa shape index (κ3) is 7.36. The van der Waals surface area contributed by atoms with Crippen molar-refractivity contribution in [1.82, 2.24) is 4.90 Å². The molecule has 0 aliphatic carbocycles. The lowest BCUT2D eigenvalue weighted by atomic mass is 10.2. The van der Waals surface area contributed by atoms with Crippen LogP contribution in [-0.2, 0) is 11.3 Å². The van der Waals surface area contributed by atoms with Crippen molar-refractivity contribution >= 4 is 29.7 Å².